The highest BCUT2D eigenvalue weighted by Gasteiger charge is 2.33. The molecule has 5 rings (SSSR count). The second kappa shape index (κ2) is 14.5. The van der Waals surface area contributed by atoms with E-state index in [0.717, 1.165) is 12.1 Å². The molecule has 0 aliphatic heterocycles. The minimum absolute atomic E-state index is 0.0218. The van der Waals surface area contributed by atoms with Crippen molar-refractivity contribution in [1.82, 2.24) is 5.16 Å². The molecule has 0 spiro atoms. The molecule has 250 valence electrons. The Morgan fingerprint density at radius 2 is 1.47 bits per heavy atom. The molecule has 1 unspecified atom stereocenters. The third-order valence-electron chi connectivity index (χ3n) is 7.83. The number of ether oxygens (including phenoxy) is 2. The number of hydrogen-bond acceptors (Lipinski definition) is 8. The Labute approximate surface area is 279 Å². The number of rotatable bonds is 12. The van der Waals surface area contributed by atoms with E-state index in [0.29, 0.717) is 22.4 Å². The number of alkyl halides is 3. The molecule has 1 heterocycles. The highest BCUT2D eigenvalue weighted by atomic mass is 19.4. The van der Waals surface area contributed by atoms with Gasteiger partial charge in [-0.25, -0.2) is 0 Å². The van der Waals surface area contributed by atoms with Crippen molar-refractivity contribution in [1.29, 1.82) is 0 Å². The highest BCUT2D eigenvalue weighted by molar-refractivity contribution is 6.49. The summed E-state index contributed by atoms with van der Waals surface area (Å²) in [6.07, 6.45) is -4.68. The van der Waals surface area contributed by atoms with Crippen LogP contribution in [0.15, 0.2) is 102 Å². The lowest BCUT2D eigenvalue weighted by Crippen LogP contribution is -2.29. The van der Waals surface area contributed by atoms with Crippen LogP contribution in [0.3, 0.4) is 0 Å². The first-order chi connectivity index (χ1) is 23.4. The van der Waals surface area contributed by atoms with Gasteiger partial charge in [0.25, 0.3) is 0 Å². The zero-order valence-electron chi connectivity index (χ0n) is 26.7. The van der Waals surface area contributed by atoms with Crippen molar-refractivity contribution in [3.63, 3.8) is 0 Å². The lowest BCUT2D eigenvalue weighted by Gasteiger charge is -2.16. The van der Waals surface area contributed by atoms with E-state index in [1.54, 1.807) is 69.3 Å². The van der Waals surface area contributed by atoms with Crippen LogP contribution >= 0.6 is 0 Å². The summed E-state index contributed by atoms with van der Waals surface area (Å²) >= 11 is 0. The van der Waals surface area contributed by atoms with Crippen molar-refractivity contribution in [2.24, 2.45) is 5.92 Å². The summed E-state index contributed by atoms with van der Waals surface area (Å²) in [5, 5.41) is 4.03. The predicted molar refractivity (Wildman–Crippen MR) is 173 cm³/mol. The average molecular weight is 670 g/mol. The van der Waals surface area contributed by atoms with E-state index < -0.39 is 41.0 Å². The number of hydrogen-bond donors (Lipinski definition) is 0. The summed E-state index contributed by atoms with van der Waals surface area (Å²) in [5.41, 5.74) is 1.25. The van der Waals surface area contributed by atoms with Gasteiger partial charge >= 0.3 is 12.1 Å². The minimum atomic E-state index is -4.50. The van der Waals surface area contributed by atoms with Gasteiger partial charge in [-0.15, -0.1) is 0 Å². The van der Waals surface area contributed by atoms with Gasteiger partial charge in [-0.1, -0.05) is 59.8 Å². The minimum Gasteiger partial charge on any atom is -0.465 e. The number of Topliss-reactive ketones (excluding diaryl/α,β-unsaturated/α-hetero) is 3. The Balaban J connectivity index is 1.37. The molecule has 0 saturated carbocycles. The van der Waals surface area contributed by atoms with Gasteiger partial charge in [-0.3, -0.25) is 19.2 Å². The first-order valence-corrected chi connectivity index (χ1v) is 15.2. The molecular formula is C38H30F3NO7. The smallest absolute Gasteiger partial charge is 0.416 e. The highest BCUT2D eigenvalue weighted by Crippen LogP contribution is 2.34. The maximum Gasteiger partial charge on any atom is 0.416 e. The summed E-state index contributed by atoms with van der Waals surface area (Å²) in [5.74, 6) is -3.41. The van der Waals surface area contributed by atoms with E-state index >= 15 is 0 Å². The Bertz CT molecular complexity index is 2020. The zero-order chi connectivity index (χ0) is 35.3. The predicted octanol–water partition coefficient (Wildman–Crippen LogP) is 8.44. The van der Waals surface area contributed by atoms with Gasteiger partial charge in [0.15, 0.2) is 11.5 Å². The molecule has 0 amide bonds. The van der Waals surface area contributed by atoms with Gasteiger partial charge in [0, 0.05) is 28.7 Å². The van der Waals surface area contributed by atoms with Crippen molar-refractivity contribution in [2.75, 3.05) is 6.61 Å². The van der Waals surface area contributed by atoms with E-state index in [1.165, 1.54) is 36.4 Å². The van der Waals surface area contributed by atoms with Crippen LogP contribution in [0, 0.1) is 19.8 Å². The van der Waals surface area contributed by atoms with E-state index in [1.807, 2.05) is 0 Å². The number of benzene rings is 4. The second-order valence-corrected chi connectivity index (χ2v) is 11.1. The fourth-order valence-corrected chi connectivity index (χ4v) is 5.18. The van der Waals surface area contributed by atoms with Gasteiger partial charge in [0.05, 0.1) is 23.4 Å². The molecule has 4 aromatic carbocycles. The fourth-order valence-electron chi connectivity index (χ4n) is 5.18. The summed E-state index contributed by atoms with van der Waals surface area (Å²) in [6, 6.07) is 23.4. The van der Waals surface area contributed by atoms with Crippen molar-refractivity contribution in [2.45, 2.75) is 33.4 Å². The molecule has 5 aromatic rings. The topological polar surface area (TPSA) is 113 Å². The molecule has 11 heteroatoms. The van der Waals surface area contributed by atoms with Crippen molar-refractivity contribution < 1.29 is 46.3 Å². The van der Waals surface area contributed by atoms with Crippen LogP contribution in [0.4, 0.5) is 13.2 Å². The van der Waals surface area contributed by atoms with Crippen LogP contribution in [0.2, 0.25) is 0 Å². The number of aryl methyl sites for hydroxylation is 1. The molecule has 0 aliphatic carbocycles. The van der Waals surface area contributed by atoms with Crippen LogP contribution < -0.4 is 4.74 Å². The number of carbonyl (C=O) groups excluding carboxylic acids is 4. The van der Waals surface area contributed by atoms with Crippen molar-refractivity contribution in [3.05, 3.63) is 136 Å². The van der Waals surface area contributed by atoms with Crippen LogP contribution in [0.25, 0.3) is 11.3 Å². The largest absolute Gasteiger partial charge is 0.465 e. The second-order valence-electron chi connectivity index (χ2n) is 11.1. The van der Waals surface area contributed by atoms with E-state index in [4.69, 9.17) is 14.0 Å². The fraction of sp³-hybridized carbons (Fsp3) is 0.184. The SMILES string of the molecule is CCOC(=O)C(Cc1noc(-c2ccc(C(F)(F)F)cc2)c1C)C(=O)c1ccc(Oc2ccccc2C(=O)C(=O)c2ccccc2)c(C)c1. The summed E-state index contributed by atoms with van der Waals surface area (Å²) < 4.78 is 55.8. The molecule has 0 aliphatic rings. The van der Waals surface area contributed by atoms with Gasteiger partial charge in [-0.2, -0.15) is 13.2 Å². The molecule has 0 N–H and O–H groups in total. The van der Waals surface area contributed by atoms with Crippen molar-refractivity contribution >= 4 is 23.3 Å². The van der Waals surface area contributed by atoms with Gasteiger partial charge in [0.1, 0.15) is 17.4 Å². The third-order valence-corrected chi connectivity index (χ3v) is 7.83. The Kier molecular flexibility index (Phi) is 10.2. The quantitative estimate of drug-likeness (QED) is 0.0563. The maximum atomic E-state index is 13.8. The molecule has 8 nitrogen and oxygen atoms in total. The number of ketones is 3. The Morgan fingerprint density at radius 1 is 0.796 bits per heavy atom. The van der Waals surface area contributed by atoms with E-state index in [2.05, 4.69) is 5.16 Å². The van der Waals surface area contributed by atoms with E-state index in [9.17, 15) is 32.3 Å². The van der Waals surface area contributed by atoms with Crippen LogP contribution in [-0.4, -0.2) is 35.1 Å². The molecule has 0 radical (unpaired) electrons. The van der Waals surface area contributed by atoms with Gasteiger partial charge < -0.3 is 14.0 Å². The van der Waals surface area contributed by atoms with Crippen LogP contribution in [0.1, 0.15) is 60.4 Å². The number of para-hydroxylation sites is 1. The normalized spacial score (nSPS) is 11.9. The molecule has 0 fully saturated rings. The Hall–Kier alpha value is -5.84. The maximum absolute atomic E-state index is 13.8. The standard InChI is InChI=1S/C38H30F3NO7/c1-4-47-37(46)29(21-30-23(3)36(49-42-30)25-14-17-27(18-15-25)38(39,40)41)33(43)26-16-19-31(22(2)20-26)48-32-13-9-8-12-28(32)35(45)34(44)24-10-6-5-7-11-24/h5-20,29H,4,21H2,1-3H3. The number of esters is 1. The molecular weight excluding hydrogens is 639 g/mol. The number of halogens is 3. The molecule has 1 aromatic heterocycles. The zero-order valence-corrected chi connectivity index (χ0v) is 26.7. The van der Waals surface area contributed by atoms with Crippen molar-refractivity contribution in [3.8, 4) is 22.8 Å². The number of aromatic nitrogens is 1. The van der Waals surface area contributed by atoms with Crippen LogP contribution in [-0.2, 0) is 22.1 Å². The van der Waals surface area contributed by atoms with Crippen LogP contribution in [0.5, 0.6) is 11.5 Å². The first-order valence-electron chi connectivity index (χ1n) is 15.2. The van der Waals surface area contributed by atoms with Gasteiger partial charge in [0.2, 0.25) is 11.6 Å². The average Bonchev–Trinajstić information content (AvgIpc) is 3.46. The molecule has 1 atom stereocenters. The number of carbonyl (C=O) groups is 4. The summed E-state index contributed by atoms with van der Waals surface area (Å²) in [7, 11) is 0. The van der Waals surface area contributed by atoms with Gasteiger partial charge in [-0.05, 0) is 68.8 Å². The molecule has 0 saturated heterocycles. The molecule has 0 bridgehead atoms. The van der Waals surface area contributed by atoms with E-state index in [-0.39, 0.29) is 46.9 Å². The monoisotopic (exact) mass is 669 g/mol. The summed E-state index contributed by atoms with van der Waals surface area (Å²) in [4.78, 5) is 52.8. The third kappa shape index (κ3) is 7.67. The molecule has 49 heavy (non-hydrogen) atoms. The Morgan fingerprint density at radius 3 is 2.12 bits per heavy atom. The lowest BCUT2D eigenvalue weighted by atomic mass is 9.91. The lowest BCUT2D eigenvalue weighted by molar-refractivity contribution is -0.146. The summed E-state index contributed by atoms with van der Waals surface area (Å²) in [6.45, 7) is 4.95. The number of nitrogens with zero attached hydrogens (tertiary/aromatic N) is 1. The first kappa shape index (κ1) is 34.5.